The molecule has 1 saturated heterocycles. The fourth-order valence-corrected chi connectivity index (χ4v) is 1.91. The van der Waals surface area contributed by atoms with Crippen molar-refractivity contribution in [3.05, 3.63) is 29.6 Å². The third-order valence-electron chi connectivity index (χ3n) is 2.81. The van der Waals surface area contributed by atoms with E-state index >= 15 is 0 Å². The van der Waals surface area contributed by atoms with Crippen molar-refractivity contribution in [2.75, 3.05) is 20.2 Å². The van der Waals surface area contributed by atoms with Gasteiger partial charge in [-0.3, -0.25) is 0 Å². The average molecular weight is 211 g/mol. The lowest BCUT2D eigenvalue weighted by molar-refractivity contribution is 0.0548. The van der Waals surface area contributed by atoms with Gasteiger partial charge in [0.05, 0.1) is 7.11 Å². The van der Waals surface area contributed by atoms with Gasteiger partial charge in [0, 0.05) is 18.2 Å². The van der Waals surface area contributed by atoms with Crippen molar-refractivity contribution < 1.29 is 14.2 Å². The Balaban J connectivity index is 2.36. The van der Waals surface area contributed by atoms with Crippen LogP contribution in [0.5, 0.6) is 5.75 Å². The molecule has 1 fully saturated rings. The highest BCUT2D eigenvalue weighted by molar-refractivity contribution is 5.33. The second-order valence-corrected chi connectivity index (χ2v) is 3.80. The van der Waals surface area contributed by atoms with Crippen LogP contribution < -0.4 is 10.1 Å². The number of hydrogen-bond acceptors (Lipinski definition) is 3. The molecule has 1 atom stereocenters. The Bertz CT molecular complexity index is 362. The summed E-state index contributed by atoms with van der Waals surface area (Å²) in [6.45, 7) is 1.11. The fraction of sp³-hybridized carbons (Fsp3) is 0.455. The largest absolute Gasteiger partial charge is 0.497 e. The highest BCUT2D eigenvalue weighted by Gasteiger charge is 2.35. The molecule has 0 aliphatic carbocycles. The first-order chi connectivity index (χ1) is 7.15. The summed E-state index contributed by atoms with van der Waals surface area (Å²) in [6.07, 6.45) is 0.538. The Hall–Kier alpha value is -1.13. The fourth-order valence-electron chi connectivity index (χ4n) is 1.91. The monoisotopic (exact) mass is 211 g/mol. The molecule has 0 aromatic heterocycles. The summed E-state index contributed by atoms with van der Waals surface area (Å²) in [5.74, 6) is 0.0476. The van der Waals surface area contributed by atoms with Crippen molar-refractivity contribution in [1.82, 2.24) is 5.32 Å². The number of aliphatic hydroxyl groups is 1. The van der Waals surface area contributed by atoms with E-state index in [-0.39, 0.29) is 0 Å². The molecule has 0 saturated carbocycles. The van der Waals surface area contributed by atoms with Crippen LogP contribution in [0.4, 0.5) is 4.39 Å². The van der Waals surface area contributed by atoms with E-state index in [2.05, 4.69) is 5.32 Å². The maximum absolute atomic E-state index is 13.7. The Morgan fingerprint density at radius 1 is 1.53 bits per heavy atom. The molecule has 4 heteroatoms. The predicted octanol–water partition coefficient (Wildman–Crippen LogP) is 1.02. The van der Waals surface area contributed by atoms with E-state index in [0.29, 0.717) is 30.8 Å². The molecule has 1 aromatic carbocycles. The zero-order valence-electron chi connectivity index (χ0n) is 8.59. The lowest BCUT2D eigenvalue weighted by atomic mass is 9.92. The van der Waals surface area contributed by atoms with Gasteiger partial charge in [0.1, 0.15) is 17.2 Å². The summed E-state index contributed by atoms with van der Waals surface area (Å²) in [6, 6.07) is 4.54. The van der Waals surface area contributed by atoms with Crippen LogP contribution >= 0.6 is 0 Å². The summed E-state index contributed by atoms with van der Waals surface area (Å²) in [7, 11) is 1.49. The van der Waals surface area contributed by atoms with E-state index in [0.717, 1.165) is 0 Å². The number of rotatable bonds is 2. The molecule has 1 heterocycles. The number of β-amino-alcohol motifs (C(OH)–C–C–N with tert-alkyl or cyclic N) is 1. The van der Waals surface area contributed by atoms with Crippen molar-refractivity contribution in [1.29, 1.82) is 0 Å². The minimum Gasteiger partial charge on any atom is -0.497 e. The van der Waals surface area contributed by atoms with E-state index in [9.17, 15) is 9.50 Å². The van der Waals surface area contributed by atoms with Gasteiger partial charge in [-0.05, 0) is 25.1 Å². The number of hydrogen-bond donors (Lipinski definition) is 2. The van der Waals surface area contributed by atoms with E-state index < -0.39 is 11.4 Å². The summed E-state index contributed by atoms with van der Waals surface area (Å²) in [4.78, 5) is 0. The number of halogens is 1. The minimum absolute atomic E-state index is 0.341. The van der Waals surface area contributed by atoms with E-state index in [1.807, 2.05) is 0 Å². The molecule has 1 aliphatic heterocycles. The SMILES string of the molecule is COc1ccc(C2(O)CCNC2)c(F)c1. The quantitative estimate of drug-likeness (QED) is 0.767. The maximum atomic E-state index is 13.7. The Morgan fingerprint density at radius 3 is 2.87 bits per heavy atom. The zero-order valence-corrected chi connectivity index (χ0v) is 8.59. The molecule has 0 spiro atoms. The molecular formula is C11H14FNO2. The van der Waals surface area contributed by atoms with Gasteiger partial charge in [-0.1, -0.05) is 0 Å². The zero-order chi connectivity index (χ0) is 10.9. The highest BCUT2D eigenvalue weighted by atomic mass is 19.1. The van der Waals surface area contributed by atoms with E-state index in [4.69, 9.17) is 4.74 Å². The number of methoxy groups -OCH3 is 1. The van der Waals surface area contributed by atoms with Gasteiger partial charge >= 0.3 is 0 Å². The van der Waals surface area contributed by atoms with Crippen LogP contribution in [0.3, 0.4) is 0 Å². The van der Waals surface area contributed by atoms with Gasteiger partial charge < -0.3 is 15.2 Å². The number of benzene rings is 1. The van der Waals surface area contributed by atoms with Crippen molar-refractivity contribution in [3.8, 4) is 5.75 Å². The minimum atomic E-state index is -1.07. The number of ether oxygens (including phenoxy) is 1. The summed E-state index contributed by atoms with van der Waals surface area (Å²) >= 11 is 0. The molecule has 1 unspecified atom stereocenters. The summed E-state index contributed by atoms with van der Waals surface area (Å²) < 4.78 is 18.6. The molecule has 0 radical (unpaired) electrons. The topological polar surface area (TPSA) is 41.5 Å². The van der Waals surface area contributed by atoms with Gasteiger partial charge in [0.2, 0.25) is 0 Å². The van der Waals surface area contributed by atoms with Crippen molar-refractivity contribution in [3.63, 3.8) is 0 Å². The van der Waals surface area contributed by atoms with Gasteiger partial charge in [-0.15, -0.1) is 0 Å². The third-order valence-corrected chi connectivity index (χ3v) is 2.81. The van der Waals surface area contributed by atoms with Gasteiger partial charge in [-0.25, -0.2) is 4.39 Å². The van der Waals surface area contributed by atoms with Crippen LogP contribution in [0.15, 0.2) is 18.2 Å². The van der Waals surface area contributed by atoms with E-state index in [1.165, 1.54) is 13.2 Å². The molecule has 3 nitrogen and oxygen atoms in total. The van der Waals surface area contributed by atoms with Gasteiger partial charge in [0.25, 0.3) is 0 Å². The molecular weight excluding hydrogens is 197 g/mol. The third kappa shape index (κ3) is 1.82. The van der Waals surface area contributed by atoms with Crippen LogP contribution in [0.1, 0.15) is 12.0 Å². The Kier molecular flexibility index (Phi) is 2.63. The second kappa shape index (κ2) is 3.79. The Labute approximate surface area is 87.9 Å². The molecule has 1 aliphatic rings. The predicted molar refractivity (Wildman–Crippen MR) is 54.3 cm³/mol. The molecule has 2 N–H and O–H groups in total. The van der Waals surface area contributed by atoms with Crippen LogP contribution in [-0.2, 0) is 5.60 Å². The Morgan fingerprint density at radius 2 is 2.33 bits per heavy atom. The van der Waals surface area contributed by atoms with Gasteiger partial charge in [-0.2, -0.15) is 0 Å². The first kappa shape index (κ1) is 10.4. The van der Waals surface area contributed by atoms with Crippen molar-refractivity contribution in [2.24, 2.45) is 0 Å². The van der Waals surface area contributed by atoms with Crippen LogP contribution in [0.2, 0.25) is 0 Å². The smallest absolute Gasteiger partial charge is 0.133 e. The molecule has 1 aromatic rings. The summed E-state index contributed by atoms with van der Waals surface area (Å²) in [5, 5.41) is 13.2. The molecule has 15 heavy (non-hydrogen) atoms. The van der Waals surface area contributed by atoms with Crippen LogP contribution in [0.25, 0.3) is 0 Å². The normalized spacial score (nSPS) is 25.5. The summed E-state index contributed by atoms with van der Waals surface area (Å²) in [5.41, 5.74) is -0.732. The van der Waals surface area contributed by atoms with Crippen molar-refractivity contribution in [2.45, 2.75) is 12.0 Å². The molecule has 0 amide bonds. The highest BCUT2D eigenvalue weighted by Crippen LogP contribution is 2.31. The maximum Gasteiger partial charge on any atom is 0.133 e. The van der Waals surface area contributed by atoms with Gasteiger partial charge in [0.15, 0.2) is 0 Å². The molecule has 82 valence electrons. The standard InChI is InChI=1S/C11H14FNO2/c1-15-8-2-3-9(10(12)6-8)11(14)4-5-13-7-11/h2-3,6,13-14H,4-5,7H2,1H3. The van der Waals surface area contributed by atoms with E-state index in [1.54, 1.807) is 12.1 Å². The number of nitrogens with one attached hydrogen (secondary N) is 1. The average Bonchev–Trinajstić information content (AvgIpc) is 2.65. The van der Waals surface area contributed by atoms with Crippen molar-refractivity contribution >= 4 is 0 Å². The lowest BCUT2D eigenvalue weighted by Crippen LogP contribution is -2.29. The second-order valence-electron chi connectivity index (χ2n) is 3.80. The first-order valence-electron chi connectivity index (χ1n) is 4.93. The molecule has 0 bridgehead atoms. The van der Waals surface area contributed by atoms with Crippen LogP contribution in [0, 0.1) is 5.82 Å². The van der Waals surface area contributed by atoms with Crippen LogP contribution in [-0.4, -0.2) is 25.3 Å². The first-order valence-corrected chi connectivity index (χ1v) is 4.93. The molecule has 2 rings (SSSR count). The lowest BCUT2D eigenvalue weighted by Gasteiger charge is -2.22.